The lowest BCUT2D eigenvalue weighted by Crippen LogP contribution is -2.13. The normalized spacial score (nSPS) is 10.1. The van der Waals surface area contributed by atoms with Crippen molar-refractivity contribution in [2.45, 2.75) is 13.8 Å². The topological polar surface area (TPSA) is 57.8 Å². The number of para-hydroxylation sites is 1. The third kappa shape index (κ3) is 1.95. The molecule has 4 heteroatoms. The summed E-state index contributed by atoms with van der Waals surface area (Å²) in [6.07, 6.45) is 1.53. The Labute approximate surface area is 93.7 Å². The number of carbonyl (C=O) groups is 1. The number of amides is 1. The molecule has 0 aliphatic heterocycles. The molecule has 1 aromatic carbocycles. The second kappa shape index (κ2) is 4.18. The van der Waals surface area contributed by atoms with E-state index in [0.717, 1.165) is 16.9 Å². The number of nitrogens with one attached hydrogen (secondary N) is 2. The van der Waals surface area contributed by atoms with Crippen molar-refractivity contribution < 1.29 is 4.79 Å². The van der Waals surface area contributed by atoms with Crippen molar-refractivity contribution in [3.05, 3.63) is 47.3 Å². The van der Waals surface area contributed by atoms with E-state index in [-0.39, 0.29) is 5.91 Å². The van der Waals surface area contributed by atoms with Gasteiger partial charge in [0.05, 0.1) is 11.8 Å². The van der Waals surface area contributed by atoms with Crippen LogP contribution in [0.3, 0.4) is 0 Å². The van der Waals surface area contributed by atoms with Gasteiger partial charge >= 0.3 is 0 Å². The van der Waals surface area contributed by atoms with Crippen molar-refractivity contribution in [1.82, 2.24) is 10.2 Å². The molecular weight excluding hydrogens is 202 g/mol. The molecule has 1 amide bonds. The Morgan fingerprint density at radius 3 is 2.69 bits per heavy atom. The van der Waals surface area contributed by atoms with Crippen LogP contribution in [0.1, 0.15) is 21.6 Å². The lowest BCUT2D eigenvalue weighted by Gasteiger charge is -2.06. The van der Waals surface area contributed by atoms with Crippen LogP contribution in [0, 0.1) is 13.8 Å². The number of H-pyrrole nitrogens is 1. The molecule has 0 atom stereocenters. The van der Waals surface area contributed by atoms with Gasteiger partial charge in [-0.1, -0.05) is 18.2 Å². The second-order valence-electron chi connectivity index (χ2n) is 3.68. The molecule has 0 unspecified atom stereocenters. The molecule has 0 saturated carbocycles. The number of aromatic nitrogens is 2. The minimum Gasteiger partial charge on any atom is -0.322 e. The molecule has 4 nitrogen and oxygen atoms in total. The predicted molar refractivity (Wildman–Crippen MR) is 62.5 cm³/mol. The van der Waals surface area contributed by atoms with Crippen LogP contribution < -0.4 is 5.32 Å². The molecule has 0 aliphatic carbocycles. The van der Waals surface area contributed by atoms with E-state index in [1.165, 1.54) is 6.20 Å². The van der Waals surface area contributed by atoms with E-state index in [9.17, 15) is 4.79 Å². The SMILES string of the molecule is Cc1ccccc1NC(=O)c1cn[nH]c1C. The van der Waals surface area contributed by atoms with E-state index in [4.69, 9.17) is 0 Å². The van der Waals surface area contributed by atoms with Gasteiger partial charge in [0.2, 0.25) is 0 Å². The molecule has 0 fully saturated rings. The van der Waals surface area contributed by atoms with Gasteiger partial charge in [0, 0.05) is 11.4 Å². The fraction of sp³-hybridized carbons (Fsp3) is 0.167. The maximum atomic E-state index is 11.9. The van der Waals surface area contributed by atoms with Crippen LogP contribution in [0.15, 0.2) is 30.5 Å². The zero-order valence-electron chi connectivity index (χ0n) is 9.24. The van der Waals surface area contributed by atoms with E-state index in [0.29, 0.717) is 5.56 Å². The van der Waals surface area contributed by atoms with Gasteiger partial charge in [-0.25, -0.2) is 0 Å². The highest BCUT2D eigenvalue weighted by Crippen LogP contribution is 2.15. The average Bonchev–Trinajstić information content (AvgIpc) is 2.68. The molecule has 2 N–H and O–H groups in total. The Kier molecular flexibility index (Phi) is 2.72. The lowest BCUT2D eigenvalue weighted by atomic mass is 10.2. The highest BCUT2D eigenvalue weighted by molar-refractivity contribution is 6.05. The minimum absolute atomic E-state index is 0.138. The Bertz CT molecular complexity index is 516. The number of hydrogen-bond acceptors (Lipinski definition) is 2. The summed E-state index contributed by atoms with van der Waals surface area (Å²) in [7, 11) is 0. The van der Waals surface area contributed by atoms with Crippen molar-refractivity contribution in [3.8, 4) is 0 Å². The van der Waals surface area contributed by atoms with Gasteiger partial charge in [0.25, 0.3) is 5.91 Å². The number of rotatable bonds is 2. The van der Waals surface area contributed by atoms with Crippen molar-refractivity contribution >= 4 is 11.6 Å². The summed E-state index contributed by atoms with van der Waals surface area (Å²) in [4.78, 5) is 11.9. The van der Waals surface area contributed by atoms with Crippen molar-refractivity contribution in [1.29, 1.82) is 0 Å². The first-order valence-electron chi connectivity index (χ1n) is 5.05. The number of anilines is 1. The van der Waals surface area contributed by atoms with Gasteiger partial charge in [0.1, 0.15) is 0 Å². The van der Waals surface area contributed by atoms with Gasteiger partial charge in [-0.05, 0) is 25.5 Å². The molecule has 82 valence electrons. The number of benzene rings is 1. The van der Waals surface area contributed by atoms with Crippen LogP contribution in [-0.2, 0) is 0 Å². The molecule has 2 aromatic rings. The standard InChI is InChI=1S/C12H13N3O/c1-8-5-3-4-6-11(8)14-12(16)10-7-13-15-9(10)2/h3-7H,1-2H3,(H,13,15)(H,14,16). The van der Waals surface area contributed by atoms with Crippen LogP contribution in [-0.4, -0.2) is 16.1 Å². The Morgan fingerprint density at radius 1 is 1.31 bits per heavy atom. The van der Waals surface area contributed by atoms with E-state index in [1.807, 2.05) is 38.1 Å². The molecule has 1 heterocycles. The van der Waals surface area contributed by atoms with Gasteiger partial charge in [-0.15, -0.1) is 0 Å². The molecular formula is C12H13N3O. The summed E-state index contributed by atoms with van der Waals surface area (Å²) in [5.74, 6) is -0.138. The van der Waals surface area contributed by atoms with Crippen LogP contribution in [0.25, 0.3) is 0 Å². The summed E-state index contributed by atoms with van der Waals surface area (Å²) in [6.45, 7) is 3.78. The largest absolute Gasteiger partial charge is 0.322 e. The van der Waals surface area contributed by atoms with Crippen LogP contribution >= 0.6 is 0 Å². The average molecular weight is 215 g/mol. The first kappa shape index (κ1) is 10.4. The zero-order chi connectivity index (χ0) is 11.5. The zero-order valence-corrected chi connectivity index (χ0v) is 9.24. The summed E-state index contributed by atoms with van der Waals surface area (Å²) in [5, 5.41) is 9.41. The maximum Gasteiger partial charge on any atom is 0.259 e. The van der Waals surface area contributed by atoms with E-state index >= 15 is 0 Å². The van der Waals surface area contributed by atoms with E-state index in [1.54, 1.807) is 0 Å². The third-order valence-electron chi connectivity index (χ3n) is 2.47. The van der Waals surface area contributed by atoms with Crippen molar-refractivity contribution in [2.75, 3.05) is 5.32 Å². The molecule has 0 aliphatic rings. The Morgan fingerprint density at radius 2 is 2.06 bits per heavy atom. The van der Waals surface area contributed by atoms with Crippen molar-refractivity contribution in [3.63, 3.8) is 0 Å². The first-order valence-corrected chi connectivity index (χ1v) is 5.05. The minimum atomic E-state index is -0.138. The molecule has 0 radical (unpaired) electrons. The van der Waals surface area contributed by atoms with Gasteiger partial charge < -0.3 is 5.32 Å². The van der Waals surface area contributed by atoms with Gasteiger partial charge in [0.15, 0.2) is 0 Å². The van der Waals surface area contributed by atoms with Gasteiger partial charge in [-0.2, -0.15) is 5.10 Å². The predicted octanol–water partition coefficient (Wildman–Crippen LogP) is 2.28. The number of nitrogens with zero attached hydrogens (tertiary/aromatic N) is 1. The maximum absolute atomic E-state index is 11.9. The van der Waals surface area contributed by atoms with Crippen LogP contribution in [0.4, 0.5) is 5.69 Å². The molecule has 0 bridgehead atoms. The fourth-order valence-corrected chi connectivity index (χ4v) is 1.48. The number of hydrogen-bond donors (Lipinski definition) is 2. The van der Waals surface area contributed by atoms with E-state index in [2.05, 4.69) is 15.5 Å². The second-order valence-corrected chi connectivity index (χ2v) is 3.68. The van der Waals surface area contributed by atoms with Gasteiger partial charge in [-0.3, -0.25) is 9.89 Å². The molecule has 16 heavy (non-hydrogen) atoms. The smallest absolute Gasteiger partial charge is 0.259 e. The fourth-order valence-electron chi connectivity index (χ4n) is 1.48. The number of aromatic amines is 1. The van der Waals surface area contributed by atoms with E-state index < -0.39 is 0 Å². The summed E-state index contributed by atoms with van der Waals surface area (Å²) < 4.78 is 0. The Hall–Kier alpha value is -2.10. The highest BCUT2D eigenvalue weighted by Gasteiger charge is 2.11. The molecule has 0 spiro atoms. The van der Waals surface area contributed by atoms with Crippen LogP contribution in [0.5, 0.6) is 0 Å². The quantitative estimate of drug-likeness (QED) is 0.807. The summed E-state index contributed by atoms with van der Waals surface area (Å²) in [6, 6.07) is 7.67. The summed E-state index contributed by atoms with van der Waals surface area (Å²) in [5.41, 5.74) is 3.21. The molecule has 0 saturated heterocycles. The first-order chi connectivity index (χ1) is 7.68. The van der Waals surface area contributed by atoms with Crippen molar-refractivity contribution in [2.24, 2.45) is 0 Å². The number of carbonyl (C=O) groups excluding carboxylic acids is 1. The van der Waals surface area contributed by atoms with Crippen LogP contribution in [0.2, 0.25) is 0 Å². The highest BCUT2D eigenvalue weighted by atomic mass is 16.1. The molecule has 1 aromatic heterocycles. The number of aryl methyl sites for hydroxylation is 2. The summed E-state index contributed by atoms with van der Waals surface area (Å²) >= 11 is 0. The third-order valence-corrected chi connectivity index (χ3v) is 2.47. The Balaban J connectivity index is 2.21. The molecule has 2 rings (SSSR count). The lowest BCUT2D eigenvalue weighted by molar-refractivity contribution is 0.102. The monoisotopic (exact) mass is 215 g/mol.